The molecule has 0 fully saturated rings. The Bertz CT molecular complexity index is 413. The summed E-state index contributed by atoms with van der Waals surface area (Å²) in [5.74, 6) is -0.177. The smallest absolute Gasteiger partial charge is 0.272 e. The Morgan fingerprint density at radius 3 is 2.68 bits per heavy atom. The Morgan fingerprint density at radius 1 is 1.37 bits per heavy atom. The summed E-state index contributed by atoms with van der Waals surface area (Å²) in [5, 5.41) is 5.57. The van der Waals surface area contributed by atoms with Crippen LogP contribution in [0.5, 0.6) is 5.75 Å². The van der Waals surface area contributed by atoms with E-state index in [1.165, 1.54) is 0 Å². The molecule has 1 atom stereocenters. The van der Waals surface area contributed by atoms with Gasteiger partial charge in [-0.15, -0.1) is 0 Å². The Kier molecular flexibility index (Phi) is 6.21. The lowest BCUT2D eigenvalue weighted by molar-refractivity contribution is -0.119. The highest BCUT2D eigenvalue weighted by Gasteiger charge is 2.14. The van der Waals surface area contributed by atoms with E-state index >= 15 is 0 Å². The Balaban J connectivity index is 2.69. The minimum atomic E-state index is -2.55. The highest BCUT2D eigenvalue weighted by molar-refractivity contribution is 5.93. The molecule has 0 saturated heterocycles. The van der Waals surface area contributed by atoms with Crippen LogP contribution >= 0.6 is 0 Å². The average Bonchev–Trinajstić information content (AvgIpc) is 2.37. The Morgan fingerprint density at radius 2 is 2.05 bits per heavy atom. The first-order valence-corrected chi connectivity index (χ1v) is 6.00. The number of nitrogens with one attached hydrogen (secondary N) is 2. The number of para-hydroxylation sites is 2. The highest BCUT2D eigenvalue weighted by atomic mass is 19.3. The molecule has 1 aromatic rings. The maximum absolute atomic E-state index is 12.1. The van der Waals surface area contributed by atoms with E-state index in [1.54, 1.807) is 38.2 Å². The van der Waals surface area contributed by atoms with Gasteiger partial charge in [0.15, 0.2) is 0 Å². The van der Waals surface area contributed by atoms with Crippen LogP contribution in [0.2, 0.25) is 0 Å². The molecule has 1 aromatic carbocycles. The second-order valence-corrected chi connectivity index (χ2v) is 4.15. The summed E-state index contributed by atoms with van der Waals surface area (Å²) < 4.78 is 29.2. The summed E-state index contributed by atoms with van der Waals surface area (Å²) >= 11 is 0. The van der Waals surface area contributed by atoms with Crippen molar-refractivity contribution >= 4 is 11.6 Å². The molecule has 19 heavy (non-hydrogen) atoms. The van der Waals surface area contributed by atoms with Crippen LogP contribution in [0.3, 0.4) is 0 Å². The van der Waals surface area contributed by atoms with Gasteiger partial charge in [0.1, 0.15) is 12.4 Å². The number of ether oxygens (including phenoxy) is 1. The number of hydrogen-bond acceptors (Lipinski definition) is 3. The molecule has 0 radical (unpaired) electrons. The van der Waals surface area contributed by atoms with Crippen LogP contribution in [-0.4, -0.2) is 32.5 Å². The second-order valence-electron chi connectivity index (χ2n) is 4.15. The van der Waals surface area contributed by atoms with E-state index in [0.29, 0.717) is 12.2 Å². The van der Waals surface area contributed by atoms with Gasteiger partial charge in [-0.25, -0.2) is 8.78 Å². The fourth-order valence-corrected chi connectivity index (χ4v) is 1.50. The predicted octanol–water partition coefficient (Wildman–Crippen LogP) is 2.12. The van der Waals surface area contributed by atoms with Gasteiger partial charge < -0.3 is 15.4 Å². The van der Waals surface area contributed by atoms with Crippen molar-refractivity contribution in [1.82, 2.24) is 5.32 Å². The molecular weight excluding hydrogens is 254 g/mol. The van der Waals surface area contributed by atoms with Gasteiger partial charge >= 0.3 is 0 Å². The Hall–Kier alpha value is -1.69. The van der Waals surface area contributed by atoms with Crippen LogP contribution < -0.4 is 15.4 Å². The minimum absolute atomic E-state index is 0.192. The average molecular weight is 272 g/mol. The van der Waals surface area contributed by atoms with Crippen molar-refractivity contribution in [1.29, 1.82) is 0 Å². The predicted molar refractivity (Wildman–Crippen MR) is 69.7 cm³/mol. The van der Waals surface area contributed by atoms with Gasteiger partial charge in [0.05, 0.1) is 5.69 Å². The number of rotatable bonds is 7. The third kappa shape index (κ3) is 5.21. The molecule has 0 bridgehead atoms. The van der Waals surface area contributed by atoms with Gasteiger partial charge in [0.25, 0.3) is 6.43 Å². The molecular formula is C13H18F2N2O2. The maximum Gasteiger partial charge on any atom is 0.272 e. The third-order valence-corrected chi connectivity index (χ3v) is 2.47. The van der Waals surface area contributed by atoms with Gasteiger partial charge in [-0.05, 0) is 19.2 Å². The number of carbonyl (C=O) groups is 1. The number of halogens is 2. The van der Waals surface area contributed by atoms with E-state index in [9.17, 15) is 13.6 Å². The summed E-state index contributed by atoms with van der Waals surface area (Å²) in [4.78, 5) is 11.8. The maximum atomic E-state index is 12.1. The molecule has 0 saturated carbocycles. The molecule has 2 N–H and O–H groups in total. The van der Waals surface area contributed by atoms with Crippen molar-refractivity contribution in [3.8, 4) is 5.75 Å². The van der Waals surface area contributed by atoms with Gasteiger partial charge in [-0.3, -0.25) is 4.79 Å². The summed E-state index contributed by atoms with van der Waals surface area (Å²) in [6.07, 6.45) is -2.55. The van der Waals surface area contributed by atoms with Crippen molar-refractivity contribution in [2.24, 2.45) is 5.92 Å². The van der Waals surface area contributed by atoms with Crippen molar-refractivity contribution in [3.63, 3.8) is 0 Å². The van der Waals surface area contributed by atoms with Crippen LogP contribution in [0.25, 0.3) is 0 Å². The van der Waals surface area contributed by atoms with Gasteiger partial charge in [-0.1, -0.05) is 19.1 Å². The van der Waals surface area contributed by atoms with Gasteiger partial charge in [-0.2, -0.15) is 0 Å². The van der Waals surface area contributed by atoms with Crippen LogP contribution in [0.1, 0.15) is 6.92 Å². The zero-order valence-corrected chi connectivity index (χ0v) is 11.0. The van der Waals surface area contributed by atoms with Crippen LogP contribution in [-0.2, 0) is 4.79 Å². The summed E-state index contributed by atoms with van der Waals surface area (Å²) in [5.41, 5.74) is 0.399. The monoisotopic (exact) mass is 272 g/mol. The van der Waals surface area contributed by atoms with Crippen molar-refractivity contribution < 1.29 is 18.3 Å². The van der Waals surface area contributed by atoms with E-state index in [-0.39, 0.29) is 17.6 Å². The normalized spacial score (nSPS) is 12.3. The zero-order chi connectivity index (χ0) is 14.3. The van der Waals surface area contributed by atoms with E-state index in [2.05, 4.69) is 10.6 Å². The van der Waals surface area contributed by atoms with Gasteiger partial charge in [0, 0.05) is 12.5 Å². The fraction of sp³-hybridized carbons (Fsp3) is 0.462. The van der Waals surface area contributed by atoms with Gasteiger partial charge in [0.2, 0.25) is 5.91 Å². The quantitative estimate of drug-likeness (QED) is 0.799. The highest BCUT2D eigenvalue weighted by Crippen LogP contribution is 2.24. The largest absolute Gasteiger partial charge is 0.485 e. The topological polar surface area (TPSA) is 50.4 Å². The molecule has 0 aliphatic carbocycles. The molecule has 6 heteroatoms. The first-order chi connectivity index (χ1) is 9.04. The summed E-state index contributed by atoms with van der Waals surface area (Å²) in [6, 6.07) is 6.52. The molecule has 0 heterocycles. The van der Waals surface area contributed by atoms with Crippen molar-refractivity contribution in [3.05, 3.63) is 24.3 Å². The van der Waals surface area contributed by atoms with Crippen molar-refractivity contribution in [2.75, 3.05) is 25.5 Å². The fourth-order valence-electron chi connectivity index (χ4n) is 1.50. The van der Waals surface area contributed by atoms with Crippen LogP contribution in [0, 0.1) is 5.92 Å². The molecule has 0 aromatic heterocycles. The molecule has 1 amide bonds. The van der Waals surface area contributed by atoms with Crippen molar-refractivity contribution in [2.45, 2.75) is 13.3 Å². The van der Waals surface area contributed by atoms with E-state index in [1.807, 2.05) is 0 Å². The number of carbonyl (C=O) groups excluding carboxylic acids is 1. The van der Waals surface area contributed by atoms with E-state index < -0.39 is 13.0 Å². The second kappa shape index (κ2) is 7.68. The number of anilines is 1. The van der Waals surface area contributed by atoms with E-state index in [4.69, 9.17) is 4.74 Å². The SMILES string of the molecule is CNCC(C)C(=O)Nc1ccccc1OCC(F)F. The molecule has 4 nitrogen and oxygen atoms in total. The van der Waals surface area contributed by atoms with Crippen LogP contribution in [0.15, 0.2) is 24.3 Å². The lowest BCUT2D eigenvalue weighted by Crippen LogP contribution is -2.28. The van der Waals surface area contributed by atoms with Crippen LogP contribution in [0.4, 0.5) is 14.5 Å². The summed E-state index contributed by atoms with van der Waals surface area (Å²) in [6.45, 7) is 1.61. The number of benzene rings is 1. The molecule has 0 spiro atoms. The summed E-state index contributed by atoms with van der Waals surface area (Å²) in [7, 11) is 1.75. The lowest BCUT2D eigenvalue weighted by Gasteiger charge is -2.15. The minimum Gasteiger partial charge on any atom is -0.485 e. The molecule has 0 aliphatic rings. The number of alkyl halides is 2. The third-order valence-electron chi connectivity index (χ3n) is 2.47. The first kappa shape index (κ1) is 15.4. The number of amides is 1. The first-order valence-electron chi connectivity index (χ1n) is 6.00. The lowest BCUT2D eigenvalue weighted by atomic mass is 10.1. The standard InChI is InChI=1S/C13H18F2N2O2/c1-9(7-16-2)13(18)17-10-5-3-4-6-11(10)19-8-12(14)15/h3-6,9,12,16H,7-8H2,1-2H3,(H,17,18). The zero-order valence-electron chi connectivity index (χ0n) is 11.0. The molecule has 1 unspecified atom stereocenters. The molecule has 0 aliphatic heterocycles. The van der Waals surface area contributed by atoms with E-state index in [0.717, 1.165) is 0 Å². The molecule has 106 valence electrons. The molecule has 1 rings (SSSR count). The number of hydrogen-bond donors (Lipinski definition) is 2. The Labute approximate surface area is 111 Å².